The molecule has 1 nitrogen and oxygen atoms in total. The van der Waals surface area contributed by atoms with E-state index in [1.807, 2.05) is 30.4 Å². The molecule has 1 heterocycles. The summed E-state index contributed by atoms with van der Waals surface area (Å²) in [5, 5.41) is 0. The standard InChI is InChI=1S/C13H15N/c1-4-12-8-6-10-14-13(12)9-5-7-11(2)3/h4-10H,1H2,2-3H3/b9-5-. The number of nitrogens with zero attached hydrogens (tertiary/aromatic N) is 1. The van der Waals surface area contributed by atoms with E-state index in [1.165, 1.54) is 5.57 Å². The summed E-state index contributed by atoms with van der Waals surface area (Å²) in [6.45, 7) is 7.88. The van der Waals surface area contributed by atoms with Crippen LogP contribution >= 0.6 is 0 Å². The molecule has 0 saturated heterocycles. The van der Waals surface area contributed by atoms with Gasteiger partial charge in [0.2, 0.25) is 0 Å². The maximum absolute atomic E-state index is 4.26. The lowest BCUT2D eigenvalue weighted by molar-refractivity contribution is 1.28. The normalized spacial score (nSPS) is 10.1. The molecule has 0 spiro atoms. The summed E-state index contributed by atoms with van der Waals surface area (Å²) >= 11 is 0. The van der Waals surface area contributed by atoms with E-state index in [-0.39, 0.29) is 0 Å². The molecule has 0 aliphatic rings. The zero-order valence-electron chi connectivity index (χ0n) is 8.70. The van der Waals surface area contributed by atoms with Crippen molar-refractivity contribution in [2.45, 2.75) is 13.8 Å². The highest BCUT2D eigenvalue weighted by Gasteiger charge is 1.92. The predicted octanol–water partition coefficient (Wildman–Crippen LogP) is 3.70. The highest BCUT2D eigenvalue weighted by Crippen LogP contribution is 2.08. The zero-order valence-corrected chi connectivity index (χ0v) is 8.70. The minimum atomic E-state index is 0.958. The van der Waals surface area contributed by atoms with E-state index in [0.717, 1.165) is 11.3 Å². The minimum Gasteiger partial charge on any atom is -0.256 e. The van der Waals surface area contributed by atoms with Crippen molar-refractivity contribution in [3.63, 3.8) is 0 Å². The highest BCUT2D eigenvalue weighted by molar-refractivity contribution is 5.61. The van der Waals surface area contributed by atoms with Gasteiger partial charge in [-0.05, 0) is 31.6 Å². The quantitative estimate of drug-likeness (QED) is 0.654. The molecule has 0 unspecified atom stereocenters. The third kappa shape index (κ3) is 3.02. The van der Waals surface area contributed by atoms with Gasteiger partial charge in [0.1, 0.15) is 0 Å². The molecule has 0 aromatic carbocycles. The van der Waals surface area contributed by atoms with Gasteiger partial charge in [-0.2, -0.15) is 0 Å². The van der Waals surface area contributed by atoms with Gasteiger partial charge in [-0.3, -0.25) is 4.98 Å². The second kappa shape index (κ2) is 5.18. The van der Waals surface area contributed by atoms with E-state index < -0.39 is 0 Å². The number of hydrogen-bond acceptors (Lipinski definition) is 1. The largest absolute Gasteiger partial charge is 0.256 e. The van der Waals surface area contributed by atoms with Gasteiger partial charge >= 0.3 is 0 Å². The number of aromatic nitrogens is 1. The fourth-order valence-electron chi connectivity index (χ4n) is 1.07. The lowest BCUT2D eigenvalue weighted by Gasteiger charge is -1.97. The van der Waals surface area contributed by atoms with Crippen molar-refractivity contribution < 1.29 is 0 Å². The topological polar surface area (TPSA) is 12.9 Å². The first kappa shape index (κ1) is 10.5. The van der Waals surface area contributed by atoms with Crippen molar-refractivity contribution in [2.24, 2.45) is 0 Å². The van der Waals surface area contributed by atoms with Crippen LogP contribution in [0.1, 0.15) is 25.1 Å². The molecular formula is C13H15N. The Labute approximate surface area is 85.5 Å². The van der Waals surface area contributed by atoms with Crippen LogP contribution in [0.3, 0.4) is 0 Å². The number of pyridine rings is 1. The molecule has 0 aliphatic carbocycles. The molecule has 0 aliphatic heterocycles. The average Bonchev–Trinajstić information content (AvgIpc) is 2.18. The first-order valence-electron chi connectivity index (χ1n) is 4.63. The Morgan fingerprint density at radius 3 is 2.86 bits per heavy atom. The first-order valence-corrected chi connectivity index (χ1v) is 4.63. The molecule has 1 heteroatoms. The van der Waals surface area contributed by atoms with Gasteiger partial charge in [0, 0.05) is 6.20 Å². The SMILES string of the molecule is C=Cc1cccnc1/C=C\C=C(C)C. The summed E-state index contributed by atoms with van der Waals surface area (Å²) in [4.78, 5) is 4.26. The molecule has 0 amide bonds. The molecule has 72 valence electrons. The Bertz CT molecular complexity index is 369. The van der Waals surface area contributed by atoms with Crippen molar-refractivity contribution in [3.05, 3.63) is 53.9 Å². The molecule has 0 bridgehead atoms. The van der Waals surface area contributed by atoms with E-state index in [9.17, 15) is 0 Å². The minimum absolute atomic E-state index is 0.958. The van der Waals surface area contributed by atoms with Crippen LogP contribution in [0.15, 0.2) is 42.6 Å². The molecule has 1 aromatic heterocycles. The number of hydrogen-bond donors (Lipinski definition) is 0. The van der Waals surface area contributed by atoms with E-state index in [4.69, 9.17) is 0 Å². The molecule has 14 heavy (non-hydrogen) atoms. The predicted molar refractivity (Wildman–Crippen MR) is 62.8 cm³/mol. The Morgan fingerprint density at radius 2 is 2.21 bits per heavy atom. The number of allylic oxidation sites excluding steroid dienone is 3. The van der Waals surface area contributed by atoms with E-state index in [1.54, 1.807) is 6.20 Å². The molecule has 1 aromatic rings. The monoisotopic (exact) mass is 185 g/mol. The summed E-state index contributed by atoms with van der Waals surface area (Å²) in [6, 6.07) is 3.91. The van der Waals surface area contributed by atoms with Crippen LogP contribution in [0.25, 0.3) is 12.2 Å². The fourth-order valence-corrected chi connectivity index (χ4v) is 1.07. The Hall–Kier alpha value is -1.63. The molecule has 0 radical (unpaired) electrons. The van der Waals surface area contributed by atoms with Crippen LogP contribution in [-0.2, 0) is 0 Å². The molecule has 0 saturated carbocycles. The Kier molecular flexibility index (Phi) is 3.86. The Balaban J connectivity index is 2.91. The van der Waals surface area contributed by atoms with Crippen molar-refractivity contribution in [1.29, 1.82) is 0 Å². The molecule has 0 fully saturated rings. The smallest absolute Gasteiger partial charge is 0.0701 e. The fraction of sp³-hybridized carbons (Fsp3) is 0.154. The highest BCUT2D eigenvalue weighted by atomic mass is 14.7. The van der Waals surface area contributed by atoms with Crippen LogP contribution in [0.5, 0.6) is 0 Å². The molecule has 0 N–H and O–H groups in total. The first-order chi connectivity index (χ1) is 6.74. The lowest BCUT2D eigenvalue weighted by atomic mass is 10.2. The second-order valence-corrected chi connectivity index (χ2v) is 3.29. The van der Waals surface area contributed by atoms with Crippen molar-refractivity contribution >= 4 is 12.2 Å². The van der Waals surface area contributed by atoms with Gasteiger partial charge in [-0.25, -0.2) is 0 Å². The van der Waals surface area contributed by atoms with Gasteiger partial charge in [-0.1, -0.05) is 36.4 Å². The van der Waals surface area contributed by atoms with Crippen LogP contribution in [0.2, 0.25) is 0 Å². The zero-order chi connectivity index (χ0) is 10.4. The van der Waals surface area contributed by atoms with Gasteiger partial charge in [-0.15, -0.1) is 0 Å². The summed E-state index contributed by atoms with van der Waals surface area (Å²) in [5.41, 5.74) is 3.29. The van der Waals surface area contributed by atoms with Gasteiger partial charge in [0.15, 0.2) is 0 Å². The van der Waals surface area contributed by atoms with Crippen molar-refractivity contribution in [1.82, 2.24) is 4.98 Å². The maximum Gasteiger partial charge on any atom is 0.0701 e. The summed E-state index contributed by atoms with van der Waals surface area (Å²) in [7, 11) is 0. The van der Waals surface area contributed by atoms with Crippen molar-refractivity contribution in [3.8, 4) is 0 Å². The van der Waals surface area contributed by atoms with Gasteiger partial charge < -0.3 is 0 Å². The molecule has 1 rings (SSSR count). The third-order valence-corrected chi connectivity index (χ3v) is 1.77. The van der Waals surface area contributed by atoms with Gasteiger partial charge in [0.25, 0.3) is 0 Å². The summed E-state index contributed by atoms with van der Waals surface area (Å²) < 4.78 is 0. The maximum atomic E-state index is 4.26. The summed E-state index contributed by atoms with van der Waals surface area (Å²) in [5.74, 6) is 0. The van der Waals surface area contributed by atoms with Gasteiger partial charge in [0.05, 0.1) is 5.69 Å². The van der Waals surface area contributed by atoms with Crippen LogP contribution in [0.4, 0.5) is 0 Å². The van der Waals surface area contributed by atoms with Crippen LogP contribution in [-0.4, -0.2) is 4.98 Å². The average molecular weight is 185 g/mol. The molecular weight excluding hydrogens is 170 g/mol. The third-order valence-electron chi connectivity index (χ3n) is 1.77. The van der Waals surface area contributed by atoms with E-state index >= 15 is 0 Å². The molecule has 0 atom stereocenters. The number of rotatable bonds is 3. The summed E-state index contributed by atoms with van der Waals surface area (Å²) in [6.07, 6.45) is 9.65. The lowest BCUT2D eigenvalue weighted by Crippen LogP contribution is -1.83. The Morgan fingerprint density at radius 1 is 1.43 bits per heavy atom. The van der Waals surface area contributed by atoms with Crippen molar-refractivity contribution in [2.75, 3.05) is 0 Å². The second-order valence-electron chi connectivity index (χ2n) is 3.29. The van der Waals surface area contributed by atoms with Crippen LogP contribution in [0, 0.1) is 0 Å². The van der Waals surface area contributed by atoms with E-state index in [0.29, 0.717) is 0 Å². The van der Waals surface area contributed by atoms with E-state index in [2.05, 4.69) is 31.5 Å². The van der Waals surface area contributed by atoms with Crippen LogP contribution < -0.4 is 0 Å².